The van der Waals surface area contributed by atoms with Crippen LogP contribution in [0.15, 0.2) is 4.99 Å². The van der Waals surface area contributed by atoms with Gasteiger partial charge >= 0.3 is 0 Å². The Balaban J connectivity index is 4.56. The molecule has 0 saturated carbocycles. The molecular weight excluding hydrogens is 142 g/mol. The minimum absolute atomic E-state index is 0.206. The maximum atomic E-state index is 10.5. The molecule has 0 amide bonds. The van der Waals surface area contributed by atoms with Crippen LogP contribution in [0.5, 0.6) is 0 Å². The highest BCUT2D eigenvalue weighted by atomic mass is 32.2. The molecule has 0 fully saturated rings. The van der Waals surface area contributed by atoms with Gasteiger partial charge in [-0.2, -0.15) is 0 Å². The summed E-state index contributed by atoms with van der Waals surface area (Å²) < 4.78 is 21.0. The van der Waals surface area contributed by atoms with Crippen LogP contribution in [-0.4, -0.2) is 26.9 Å². The van der Waals surface area contributed by atoms with Crippen LogP contribution in [0.25, 0.3) is 0 Å². The number of aliphatic imine (C=N–C) groups is 1. The van der Waals surface area contributed by atoms with Crippen molar-refractivity contribution < 1.29 is 8.42 Å². The summed E-state index contributed by atoms with van der Waals surface area (Å²) in [6.07, 6.45) is 1.02. The van der Waals surface area contributed by atoms with E-state index in [0.717, 1.165) is 6.26 Å². The van der Waals surface area contributed by atoms with Gasteiger partial charge in [-0.3, -0.25) is 10.4 Å². The number of hydrogen-bond acceptors (Lipinski definition) is 4. The second-order valence-corrected chi connectivity index (χ2v) is 3.38. The highest BCUT2D eigenvalue weighted by Gasteiger charge is 2.08. The average Bonchev–Trinajstić information content (AvgIpc) is 1.65. The van der Waals surface area contributed by atoms with E-state index in [-0.39, 0.29) is 5.17 Å². The van der Waals surface area contributed by atoms with E-state index in [1.54, 1.807) is 0 Å². The minimum atomic E-state index is -3.25. The summed E-state index contributed by atoms with van der Waals surface area (Å²) in [5, 5.41) is -0.206. The van der Waals surface area contributed by atoms with Crippen molar-refractivity contribution in [2.75, 3.05) is 13.3 Å². The third-order valence-electron chi connectivity index (χ3n) is 0.678. The first-order chi connectivity index (χ1) is 4.02. The highest BCUT2D eigenvalue weighted by molar-refractivity contribution is 8.05. The molecule has 0 bridgehead atoms. The van der Waals surface area contributed by atoms with Gasteiger partial charge in [0.2, 0.25) is 15.0 Å². The van der Waals surface area contributed by atoms with Crippen molar-refractivity contribution in [1.29, 1.82) is 0 Å². The molecule has 0 aliphatic rings. The van der Waals surface area contributed by atoms with Crippen LogP contribution in [0.4, 0.5) is 0 Å². The normalized spacial score (nSPS) is 13.4. The third-order valence-corrected chi connectivity index (χ3v) is 1.68. The van der Waals surface area contributed by atoms with Crippen molar-refractivity contribution in [2.45, 2.75) is 0 Å². The summed E-state index contributed by atoms with van der Waals surface area (Å²) in [5.41, 5.74) is 1.95. The van der Waals surface area contributed by atoms with Gasteiger partial charge in [0.1, 0.15) is 0 Å². The van der Waals surface area contributed by atoms with Crippen molar-refractivity contribution in [2.24, 2.45) is 10.8 Å². The van der Waals surface area contributed by atoms with E-state index >= 15 is 0 Å². The van der Waals surface area contributed by atoms with Gasteiger partial charge in [-0.05, 0) is 0 Å². The highest BCUT2D eigenvalue weighted by Crippen LogP contribution is 1.81. The third kappa shape index (κ3) is 2.43. The SMILES string of the molecule is CN=C(NN)S(C)(=O)=O. The molecule has 0 saturated heterocycles. The van der Waals surface area contributed by atoms with Crippen LogP contribution in [0.1, 0.15) is 0 Å². The largest absolute Gasteiger partial charge is 0.299 e. The van der Waals surface area contributed by atoms with E-state index in [2.05, 4.69) is 4.99 Å². The second kappa shape index (κ2) is 2.79. The van der Waals surface area contributed by atoms with E-state index in [0.29, 0.717) is 0 Å². The maximum absolute atomic E-state index is 10.5. The Hall–Kier alpha value is -0.620. The fourth-order valence-electron chi connectivity index (χ4n) is 0.337. The van der Waals surface area contributed by atoms with E-state index in [9.17, 15) is 8.42 Å². The Morgan fingerprint density at radius 3 is 2.11 bits per heavy atom. The molecule has 0 radical (unpaired) electrons. The van der Waals surface area contributed by atoms with Crippen molar-refractivity contribution in [3.05, 3.63) is 0 Å². The monoisotopic (exact) mass is 151 g/mol. The zero-order valence-corrected chi connectivity index (χ0v) is 6.07. The van der Waals surface area contributed by atoms with E-state index < -0.39 is 9.84 Å². The number of nitrogens with two attached hydrogens (primary N) is 1. The lowest BCUT2D eigenvalue weighted by molar-refractivity contribution is 0.611. The number of amidine groups is 1. The molecule has 5 nitrogen and oxygen atoms in total. The molecule has 3 N–H and O–H groups in total. The van der Waals surface area contributed by atoms with Crippen LogP contribution in [0, 0.1) is 0 Å². The Labute approximate surface area is 53.8 Å². The van der Waals surface area contributed by atoms with Crippen molar-refractivity contribution in [3.8, 4) is 0 Å². The first kappa shape index (κ1) is 8.38. The zero-order chi connectivity index (χ0) is 7.49. The number of nitrogens with one attached hydrogen (secondary N) is 1. The predicted molar refractivity (Wildman–Crippen MR) is 35.5 cm³/mol. The first-order valence-corrected chi connectivity index (χ1v) is 4.05. The van der Waals surface area contributed by atoms with E-state index in [1.165, 1.54) is 7.05 Å². The van der Waals surface area contributed by atoms with E-state index in [1.807, 2.05) is 5.43 Å². The van der Waals surface area contributed by atoms with Crippen LogP contribution in [0.2, 0.25) is 0 Å². The summed E-state index contributed by atoms with van der Waals surface area (Å²) >= 11 is 0. The summed E-state index contributed by atoms with van der Waals surface area (Å²) in [4.78, 5) is 3.37. The van der Waals surface area contributed by atoms with Crippen molar-refractivity contribution >= 4 is 15.0 Å². The topological polar surface area (TPSA) is 84.5 Å². The van der Waals surface area contributed by atoms with Crippen molar-refractivity contribution in [3.63, 3.8) is 0 Å². The quantitative estimate of drug-likeness (QED) is 0.190. The summed E-state index contributed by atoms with van der Waals surface area (Å²) in [6, 6.07) is 0. The fourth-order valence-corrected chi connectivity index (χ4v) is 0.883. The first-order valence-electron chi connectivity index (χ1n) is 2.16. The van der Waals surface area contributed by atoms with Gasteiger partial charge < -0.3 is 0 Å². The minimum Gasteiger partial charge on any atom is -0.299 e. The smallest absolute Gasteiger partial charge is 0.229 e. The average molecular weight is 151 g/mol. The summed E-state index contributed by atoms with van der Waals surface area (Å²) in [7, 11) is -1.91. The van der Waals surface area contributed by atoms with Crippen molar-refractivity contribution in [1.82, 2.24) is 5.43 Å². The molecule has 0 aliphatic carbocycles. The molecule has 0 rings (SSSR count). The number of rotatable bonds is 0. The second-order valence-electron chi connectivity index (χ2n) is 1.45. The van der Waals surface area contributed by atoms with Crippen LogP contribution < -0.4 is 11.3 Å². The number of nitrogens with zero attached hydrogens (tertiary/aromatic N) is 1. The molecule has 0 aromatic carbocycles. The van der Waals surface area contributed by atoms with Crippen LogP contribution >= 0.6 is 0 Å². The summed E-state index contributed by atoms with van der Waals surface area (Å²) in [5.74, 6) is 4.81. The molecule has 6 heteroatoms. The number of hydrogen-bond donors (Lipinski definition) is 2. The Kier molecular flexibility index (Phi) is 2.60. The number of sulfone groups is 1. The van der Waals surface area contributed by atoms with Gasteiger partial charge in [-0.1, -0.05) is 0 Å². The van der Waals surface area contributed by atoms with Gasteiger partial charge in [0, 0.05) is 13.3 Å². The van der Waals surface area contributed by atoms with Gasteiger partial charge in [0.05, 0.1) is 0 Å². The van der Waals surface area contributed by atoms with Crippen LogP contribution in [0.3, 0.4) is 0 Å². The fraction of sp³-hybridized carbons (Fsp3) is 0.667. The predicted octanol–water partition coefficient (Wildman–Crippen LogP) is -1.52. The number of hydrazine groups is 1. The molecule has 0 heterocycles. The molecule has 0 unspecified atom stereocenters. The molecule has 9 heavy (non-hydrogen) atoms. The van der Waals surface area contributed by atoms with Gasteiger partial charge in [0.15, 0.2) is 0 Å². The van der Waals surface area contributed by atoms with E-state index in [4.69, 9.17) is 5.84 Å². The lowest BCUT2D eigenvalue weighted by Gasteiger charge is -1.98. The zero-order valence-electron chi connectivity index (χ0n) is 5.25. The lowest BCUT2D eigenvalue weighted by atomic mass is 11.2. The molecule has 0 aromatic heterocycles. The maximum Gasteiger partial charge on any atom is 0.229 e. The molecule has 0 aromatic rings. The Morgan fingerprint density at radius 1 is 1.67 bits per heavy atom. The van der Waals surface area contributed by atoms with Crippen LogP contribution in [-0.2, 0) is 9.84 Å². The summed E-state index contributed by atoms with van der Waals surface area (Å²) in [6.45, 7) is 0. The van der Waals surface area contributed by atoms with Gasteiger partial charge in [-0.25, -0.2) is 14.3 Å². The lowest BCUT2D eigenvalue weighted by Crippen LogP contribution is -2.35. The molecular formula is C3H9N3O2S. The van der Waals surface area contributed by atoms with Gasteiger partial charge in [-0.15, -0.1) is 0 Å². The molecule has 54 valence electrons. The van der Waals surface area contributed by atoms with Gasteiger partial charge in [0.25, 0.3) is 0 Å². The molecule has 0 spiro atoms. The standard InChI is InChI=1S/C3H9N3O2S/c1-5-3(6-4)9(2,7)8/h4H2,1-2H3,(H,5,6). The Morgan fingerprint density at radius 2 is 2.11 bits per heavy atom. The Bertz CT molecular complexity index is 205. The molecule has 0 aliphatic heterocycles. The molecule has 0 atom stereocenters.